The van der Waals surface area contributed by atoms with Gasteiger partial charge < -0.3 is 61.3 Å². The van der Waals surface area contributed by atoms with Crippen molar-refractivity contribution in [2.24, 2.45) is 5.73 Å². The Labute approximate surface area is 367 Å². The fourth-order valence-electron chi connectivity index (χ4n) is 7.57. The molecule has 0 saturated carbocycles. The fourth-order valence-corrected chi connectivity index (χ4v) is 9.74. The molecule has 3 aliphatic rings. The number of quaternary nitrogens is 1. The molecule has 7 amide bonds. The average Bonchev–Trinajstić information content (AvgIpc) is 3.86. The maximum atomic E-state index is 14.0. The summed E-state index contributed by atoms with van der Waals surface area (Å²) in [5.74, 6) is -6.22. The maximum absolute atomic E-state index is 14.0. The first-order chi connectivity index (χ1) is 29.6. The Bertz CT molecular complexity index is 1940. The second-order valence-corrected chi connectivity index (χ2v) is 18.7. The average molecular weight is 905 g/mol. The van der Waals surface area contributed by atoms with Gasteiger partial charge in [-0.1, -0.05) is 39.8 Å². The molecule has 0 radical (unpaired) electrons. The van der Waals surface area contributed by atoms with E-state index in [0.717, 1.165) is 47.0 Å². The van der Waals surface area contributed by atoms with E-state index in [-0.39, 0.29) is 43.9 Å². The van der Waals surface area contributed by atoms with E-state index >= 15 is 0 Å². The van der Waals surface area contributed by atoms with E-state index in [1.807, 2.05) is 30.5 Å². The Kier molecular flexibility index (Phi) is 17.8. The number of amides is 7. The van der Waals surface area contributed by atoms with Crippen LogP contribution in [0.2, 0.25) is 0 Å². The van der Waals surface area contributed by atoms with E-state index in [9.17, 15) is 43.5 Å². The molecule has 1 unspecified atom stereocenters. The van der Waals surface area contributed by atoms with Gasteiger partial charge in [0.05, 0.1) is 52.5 Å². The zero-order chi connectivity index (χ0) is 44.8. The number of benzene rings is 1. The number of fused-ring (bicyclic) bond motifs is 2. The summed E-state index contributed by atoms with van der Waals surface area (Å²) in [5.41, 5.74) is 7.46. The summed E-state index contributed by atoms with van der Waals surface area (Å²) in [6.45, 7) is 4.76. The smallest absolute Gasteiger partial charge is 0.305 e. The third kappa shape index (κ3) is 14.1. The molecule has 0 bridgehead atoms. The molecular weight excluding hydrogens is 847 g/mol. The van der Waals surface area contributed by atoms with Crippen molar-refractivity contribution < 1.29 is 57.4 Å². The van der Waals surface area contributed by atoms with Gasteiger partial charge >= 0.3 is 5.97 Å². The molecule has 1 aromatic carbocycles. The van der Waals surface area contributed by atoms with E-state index < -0.39 is 96.6 Å². The number of hydrogen-bond donors (Lipinski definition) is 8. The Balaban J connectivity index is 1.30. The lowest BCUT2D eigenvalue weighted by Gasteiger charge is -2.37. The van der Waals surface area contributed by atoms with E-state index in [0.29, 0.717) is 19.6 Å². The molecule has 62 heavy (non-hydrogen) atoms. The van der Waals surface area contributed by atoms with Crippen LogP contribution in [0.5, 0.6) is 0 Å². The highest BCUT2D eigenvalue weighted by atomic mass is 33.1. The molecule has 3 fully saturated rings. The first-order valence-electron chi connectivity index (χ1n) is 20.7. The normalized spacial score (nSPS) is 26.4. The minimum atomic E-state index is -1.65. The van der Waals surface area contributed by atoms with E-state index in [2.05, 4.69) is 38.6 Å². The molecule has 20 nitrogen and oxygen atoms in total. The Morgan fingerprint density at radius 3 is 2.44 bits per heavy atom. The van der Waals surface area contributed by atoms with Crippen LogP contribution in [0.4, 0.5) is 0 Å². The van der Waals surface area contributed by atoms with Crippen LogP contribution in [-0.4, -0.2) is 168 Å². The molecule has 3 saturated heterocycles. The number of nitrogens with two attached hydrogens (primary N) is 1. The summed E-state index contributed by atoms with van der Waals surface area (Å²) >= 11 is 0. The number of aliphatic carboxylic acids is 1. The molecule has 22 heteroatoms. The minimum Gasteiger partial charge on any atom is -0.481 e. The molecule has 4 heterocycles. The SMILES string of the molecule is C[C@@H]1NC(=O)[C@H](CC(=O)O)NC(=O)CNC(=O)[C@H](CCCC[N+]2(C)CCOCC2)NC(=O)CCSSC[C@@H](C(N)=O)NC(=O)[C@@H]2CC(OCc3c[nH]c4ccccc34)CN2C1=O. The van der Waals surface area contributed by atoms with Crippen molar-refractivity contribution in [1.29, 1.82) is 0 Å². The number of hydrogen-bond acceptors (Lipinski definition) is 12. The number of carbonyl (C=O) groups excluding carboxylic acids is 7. The number of ether oxygens (including phenoxy) is 2. The summed E-state index contributed by atoms with van der Waals surface area (Å²) in [4.78, 5) is 110. The number of nitrogens with one attached hydrogen (secondary N) is 6. The van der Waals surface area contributed by atoms with Crippen molar-refractivity contribution in [1.82, 2.24) is 36.5 Å². The lowest BCUT2D eigenvalue weighted by atomic mass is 10.1. The number of carbonyl (C=O) groups is 8. The molecule has 0 spiro atoms. The molecule has 3 aliphatic heterocycles. The Morgan fingerprint density at radius 1 is 0.952 bits per heavy atom. The van der Waals surface area contributed by atoms with Crippen LogP contribution in [0.15, 0.2) is 30.5 Å². The van der Waals surface area contributed by atoms with Crippen molar-refractivity contribution in [3.63, 3.8) is 0 Å². The van der Waals surface area contributed by atoms with Gasteiger partial charge in [-0.2, -0.15) is 0 Å². The van der Waals surface area contributed by atoms with Crippen molar-refractivity contribution in [2.45, 2.75) is 88.4 Å². The van der Waals surface area contributed by atoms with Crippen LogP contribution in [0.3, 0.4) is 0 Å². The lowest BCUT2D eigenvalue weighted by Crippen LogP contribution is -2.58. The van der Waals surface area contributed by atoms with Crippen LogP contribution in [-0.2, 0) is 54.4 Å². The second-order valence-electron chi connectivity index (χ2n) is 16.0. The highest BCUT2D eigenvalue weighted by Gasteiger charge is 2.43. The van der Waals surface area contributed by atoms with E-state index in [1.165, 1.54) is 33.4 Å². The molecule has 9 N–H and O–H groups in total. The van der Waals surface area contributed by atoms with Gasteiger partial charge in [0, 0.05) is 53.6 Å². The summed E-state index contributed by atoms with van der Waals surface area (Å²) in [5, 5.41) is 23.2. The highest BCUT2D eigenvalue weighted by molar-refractivity contribution is 8.76. The zero-order valence-electron chi connectivity index (χ0n) is 35.0. The Morgan fingerprint density at radius 2 is 1.69 bits per heavy atom. The van der Waals surface area contributed by atoms with Crippen LogP contribution in [0.1, 0.15) is 51.0 Å². The largest absolute Gasteiger partial charge is 0.481 e. The van der Waals surface area contributed by atoms with Gasteiger partial charge in [-0.3, -0.25) is 38.4 Å². The third-order valence-electron chi connectivity index (χ3n) is 11.2. The summed E-state index contributed by atoms with van der Waals surface area (Å²) in [6, 6.07) is 1.40. The molecular formula is C40H58N9O11S2+. The first kappa shape index (κ1) is 48.1. The van der Waals surface area contributed by atoms with Crippen molar-refractivity contribution in [3.8, 4) is 0 Å². The number of aromatic nitrogens is 1. The minimum absolute atomic E-state index is 0.00768. The number of aromatic amines is 1. The number of para-hydroxylation sites is 1. The first-order valence-corrected chi connectivity index (χ1v) is 23.2. The predicted octanol–water partition coefficient (Wildman–Crippen LogP) is -0.878. The van der Waals surface area contributed by atoms with Gasteiger partial charge in [-0.15, -0.1) is 0 Å². The zero-order valence-corrected chi connectivity index (χ0v) is 36.6. The third-order valence-corrected chi connectivity index (χ3v) is 13.6. The van der Waals surface area contributed by atoms with Gasteiger partial charge in [-0.25, -0.2) is 0 Å². The van der Waals surface area contributed by atoms with Crippen molar-refractivity contribution in [2.75, 3.05) is 64.5 Å². The number of nitrogens with zero attached hydrogens (tertiary/aromatic N) is 2. The standard InChI is InChI=1S/C40H57N9O11S2/c1-24-40(58)48-21-26(60-22-25-19-42-28-8-4-3-7-27(25)28)17-32(48)39(57)47-31(36(41)54)23-62-61-16-10-33(50)45-29(9-5-6-11-49(2)12-14-59-15-13-49)37(55)43-20-34(51)46-30(18-35(52)53)38(56)44-24/h3-4,7-8,19,24,26,29-32,42H,5-6,9-18,20-23H2,1-2H3,(H7-,41,43,44,45,46,47,50,51,52,53,54,55,56,57)/p+1/t24-,26?,29-,30-,31-,32-/m0/s1. The molecule has 340 valence electrons. The summed E-state index contributed by atoms with van der Waals surface area (Å²) < 4.78 is 12.5. The summed E-state index contributed by atoms with van der Waals surface area (Å²) in [7, 11) is 4.63. The van der Waals surface area contributed by atoms with E-state index in [1.54, 1.807) is 0 Å². The molecule has 5 rings (SSSR count). The van der Waals surface area contributed by atoms with Crippen molar-refractivity contribution in [3.05, 3.63) is 36.0 Å². The van der Waals surface area contributed by atoms with Gasteiger partial charge in [0.2, 0.25) is 41.4 Å². The van der Waals surface area contributed by atoms with Crippen LogP contribution in [0, 0.1) is 0 Å². The number of primary amides is 1. The molecule has 1 aromatic heterocycles. The lowest BCUT2D eigenvalue weighted by molar-refractivity contribution is -0.917. The topological polar surface area (TPSA) is 280 Å². The fraction of sp³-hybridized carbons (Fsp3) is 0.600. The van der Waals surface area contributed by atoms with E-state index in [4.69, 9.17) is 15.2 Å². The number of likely N-dealkylation sites (N-methyl/N-ethyl adjacent to an activating group) is 1. The predicted molar refractivity (Wildman–Crippen MR) is 230 cm³/mol. The van der Waals surface area contributed by atoms with Crippen LogP contribution in [0.25, 0.3) is 10.9 Å². The number of H-pyrrole nitrogens is 1. The molecule has 6 atom stereocenters. The van der Waals surface area contributed by atoms with Crippen LogP contribution >= 0.6 is 21.6 Å². The Hall–Kier alpha value is -4.90. The number of carboxylic acid groups (broad SMARTS) is 1. The number of unbranched alkanes of at least 4 members (excludes halogenated alkanes) is 1. The van der Waals surface area contributed by atoms with Gasteiger partial charge in [-0.05, 0) is 32.3 Å². The quantitative estimate of drug-likeness (QED) is 0.0774. The number of carboxylic acids is 1. The van der Waals surface area contributed by atoms with Crippen molar-refractivity contribution >= 4 is 79.8 Å². The second kappa shape index (κ2) is 23.0. The maximum Gasteiger partial charge on any atom is 0.305 e. The highest BCUT2D eigenvalue weighted by Crippen LogP contribution is 2.27. The van der Waals surface area contributed by atoms with Gasteiger partial charge in [0.1, 0.15) is 43.3 Å². The number of morpholine rings is 1. The molecule has 2 aromatic rings. The molecule has 0 aliphatic carbocycles. The van der Waals surface area contributed by atoms with Gasteiger partial charge in [0.15, 0.2) is 0 Å². The monoisotopic (exact) mass is 904 g/mol. The van der Waals surface area contributed by atoms with Crippen LogP contribution < -0.4 is 32.3 Å². The summed E-state index contributed by atoms with van der Waals surface area (Å²) in [6.07, 6.45) is 2.02. The number of rotatable bonds is 11. The van der Waals surface area contributed by atoms with Gasteiger partial charge in [0.25, 0.3) is 0 Å².